The summed E-state index contributed by atoms with van der Waals surface area (Å²) in [5.74, 6) is -0.642. The molecule has 27 heavy (non-hydrogen) atoms. The van der Waals surface area contributed by atoms with E-state index in [4.69, 9.17) is 0 Å². The van der Waals surface area contributed by atoms with Gasteiger partial charge in [0, 0.05) is 31.0 Å². The van der Waals surface area contributed by atoms with Gasteiger partial charge in [0.25, 0.3) is 0 Å². The molecule has 4 aromatic carbocycles. The van der Waals surface area contributed by atoms with E-state index in [1.165, 1.54) is 12.1 Å². The van der Waals surface area contributed by atoms with E-state index in [0.717, 1.165) is 15.2 Å². The summed E-state index contributed by atoms with van der Waals surface area (Å²) in [6, 6.07) is 18.8. The van der Waals surface area contributed by atoms with Gasteiger partial charge in [-0.3, -0.25) is 0 Å². The van der Waals surface area contributed by atoms with Crippen LogP contribution in [0.2, 0.25) is 0 Å². The minimum Gasteiger partial charge on any atom is -0.206 e. The second-order valence-corrected chi connectivity index (χ2v) is 7.97. The third-order valence-corrected chi connectivity index (χ3v) is 5.86. The minimum absolute atomic E-state index is 0.309. The summed E-state index contributed by atoms with van der Waals surface area (Å²) in [6.07, 6.45) is 0. The van der Waals surface area contributed by atoms with Crippen molar-refractivity contribution in [2.75, 3.05) is 0 Å². The summed E-state index contributed by atoms with van der Waals surface area (Å²) in [7, 11) is 0. The Labute approximate surface area is 175 Å². The van der Waals surface area contributed by atoms with Crippen molar-refractivity contribution in [3.05, 3.63) is 82.8 Å². The van der Waals surface area contributed by atoms with Gasteiger partial charge >= 0.3 is 0 Å². The molecule has 0 fully saturated rings. The predicted molar refractivity (Wildman–Crippen MR) is 117 cm³/mol. The number of benzene rings is 4. The molecule has 0 saturated heterocycles. The number of fused-ring (bicyclic) bond motifs is 1. The lowest BCUT2D eigenvalue weighted by molar-refractivity contribution is 0.630. The molecule has 0 spiro atoms. The second-order valence-electron chi connectivity index (χ2n) is 6.12. The van der Waals surface area contributed by atoms with E-state index in [2.05, 4.69) is 41.2 Å². The molecule has 0 saturated carbocycles. The normalized spacial score (nSPS) is 11.1. The molecule has 0 amide bonds. The van der Waals surface area contributed by atoms with Gasteiger partial charge in [-0.2, -0.15) is 0 Å². The maximum absolute atomic E-state index is 14.5. The van der Waals surface area contributed by atoms with Crippen LogP contribution in [0.4, 0.5) is 8.78 Å². The first kappa shape index (κ1) is 18.5. The lowest BCUT2D eigenvalue weighted by atomic mass is 9.94. The number of rotatable bonds is 2. The monoisotopic (exact) mass is 458 g/mol. The van der Waals surface area contributed by atoms with Crippen LogP contribution in [-0.4, -0.2) is 0 Å². The van der Waals surface area contributed by atoms with E-state index >= 15 is 0 Å². The van der Waals surface area contributed by atoms with Crippen molar-refractivity contribution in [2.24, 2.45) is 0 Å². The highest BCUT2D eigenvalue weighted by Gasteiger charge is 2.16. The summed E-state index contributed by atoms with van der Waals surface area (Å²) in [5.41, 5.74) is 2.31. The van der Waals surface area contributed by atoms with Gasteiger partial charge in [-0.15, -0.1) is 25.3 Å². The fraction of sp³-hybridized carbons (Fsp3) is 0. The van der Waals surface area contributed by atoms with Crippen LogP contribution in [0, 0.1) is 11.6 Å². The Morgan fingerprint density at radius 1 is 0.667 bits per heavy atom. The van der Waals surface area contributed by atoms with Gasteiger partial charge in [-0.25, -0.2) is 8.78 Å². The first-order valence-electron chi connectivity index (χ1n) is 8.15. The number of halogens is 3. The zero-order chi connectivity index (χ0) is 19.1. The molecular weight excluding hydrogens is 446 g/mol. The van der Waals surface area contributed by atoms with Crippen molar-refractivity contribution in [1.82, 2.24) is 0 Å². The Kier molecular flexibility index (Phi) is 5.01. The smallest absolute Gasteiger partial charge is 0.131 e. The maximum atomic E-state index is 14.5. The molecule has 0 nitrogen and oxygen atoms in total. The molecule has 0 unspecified atom stereocenters. The van der Waals surface area contributed by atoms with E-state index in [1.807, 2.05) is 24.3 Å². The standard InChI is InChI=1S/C22H13BrF2S2/c23-12-5-9-19(25)17(11-12)21-14-6-7-15(13-3-1-2-4-18(13)24)22(27)16(14)8-10-20(21)26/h1-11,26-27H. The van der Waals surface area contributed by atoms with Gasteiger partial charge in [0.1, 0.15) is 11.6 Å². The Morgan fingerprint density at radius 3 is 2.15 bits per heavy atom. The quantitative estimate of drug-likeness (QED) is 0.281. The summed E-state index contributed by atoms with van der Waals surface area (Å²) in [6.45, 7) is 0. The molecule has 5 heteroatoms. The Balaban J connectivity index is 2.03. The molecule has 0 atom stereocenters. The van der Waals surface area contributed by atoms with Gasteiger partial charge in [-0.05, 0) is 46.7 Å². The summed E-state index contributed by atoms with van der Waals surface area (Å²) in [5, 5.41) is 1.62. The van der Waals surface area contributed by atoms with Crippen LogP contribution in [0.3, 0.4) is 0 Å². The molecule has 4 aromatic rings. The largest absolute Gasteiger partial charge is 0.206 e. The molecular formula is C22H13BrF2S2. The Bertz CT molecular complexity index is 1190. The van der Waals surface area contributed by atoms with E-state index in [1.54, 1.807) is 30.3 Å². The van der Waals surface area contributed by atoms with Crippen molar-refractivity contribution in [1.29, 1.82) is 0 Å². The van der Waals surface area contributed by atoms with Crippen LogP contribution in [0.15, 0.2) is 81.0 Å². The Morgan fingerprint density at radius 2 is 1.37 bits per heavy atom. The SMILES string of the molecule is Fc1ccccc1-c1ccc2c(-c3cc(Br)ccc3F)c(S)ccc2c1S. The minimum atomic E-state index is -0.333. The van der Waals surface area contributed by atoms with E-state index in [0.29, 0.717) is 32.0 Å². The maximum Gasteiger partial charge on any atom is 0.131 e. The lowest BCUT2D eigenvalue weighted by Crippen LogP contribution is -1.92. The zero-order valence-electron chi connectivity index (χ0n) is 13.9. The molecule has 4 rings (SSSR count). The first-order chi connectivity index (χ1) is 13.0. The molecule has 134 valence electrons. The summed E-state index contributed by atoms with van der Waals surface area (Å²) in [4.78, 5) is 1.30. The molecule has 0 heterocycles. The highest BCUT2D eigenvalue weighted by atomic mass is 79.9. The van der Waals surface area contributed by atoms with Crippen molar-refractivity contribution < 1.29 is 8.78 Å². The van der Waals surface area contributed by atoms with Gasteiger partial charge in [0.05, 0.1) is 0 Å². The molecule has 0 N–H and O–H groups in total. The topological polar surface area (TPSA) is 0 Å². The van der Waals surface area contributed by atoms with Gasteiger partial charge in [0.15, 0.2) is 0 Å². The average Bonchev–Trinajstić information content (AvgIpc) is 2.65. The number of hydrogen-bond donors (Lipinski definition) is 2. The molecule has 0 bridgehead atoms. The van der Waals surface area contributed by atoms with E-state index < -0.39 is 0 Å². The number of thiol groups is 2. The fourth-order valence-electron chi connectivity index (χ4n) is 3.25. The van der Waals surface area contributed by atoms with Crippen LogP contribution in [-0.2, 0) is 0 Å². The third-order valence-electron chi connectivity index (χ3n) is 4.51. The zero-order valence-corrected chi connectivity index (χ0v) is 17.3. The van der Waals surface area contributed by atoms with Crippen molar-refractivity contribution >= 4 is 52.0 Å². The van der Waals surface area contributed by atoms with Gasteiger partial charge in [-0.1, -0.05) is 52.3 Å². The fourth-order valence-corrected chi connectivity index (χ4v) is 4.31. The summed E-state index contributed by atoms with van der Waals surface area (Å²) < 4.78 is 29.6. The predicted octanol–water partition coefficient (Wildman–Crippen LogP) is 7.79. The lowest BCUT2D eigenvalue weighted by Gasteiger charge is -2.15. The highest BCUT2D eigenvalue weighted by molar-refractivity contribution is 9.10. The van der Waals surface area contributed by atoms with Crippen LogP contribution in [0.25, 0.3) is 33.0 Å². The molecule has 0 aromatic heterocycles. The number of hydrogen-bond acceptors (Lipinski definition) is 2. The van der Waals surface area contributed by atoms with Crippen LogP contribution in [0.5, 0.6) is 0 Å². The molecule has 0 aliphatic carbocycles. The Hall–Kier alpha value is -1.82. The van der Waals surface area contributed by atoms with Crippen molar-refractivity contribution in [3.63, 3.8) is 0 Å². The third kappa shape index (κ3) is 3.28. The van der Waals surface area contributed by atoms with Crippen LogP contribution in [0.1, 0.15) is 0 Å². The summed E-state index contributed by atoms with van der Waals surface area (Å²) >= 11 is 12.6. The van der Waals surface area contributed by atoms with Crippen LogP contribution >= 0.6 is 41.2 Å². The molecule has 0 aliphatic heterocycles. The average molecular weight is 459 g/mol. The van der Waals surface area contributed by atoms with E-state index in [9.17, 15) is 8.78 Å². The first-order valence-corrected chi connectivity index (χ1v) is 9.84. The van der Waals surface area contributed by atoms with Gasteiger partial charge < -0.3 is 0 Å². The highest BCUT2D eigenvalue weighted by Crippen LogP contribution is 2.41. The van der Waals surface area contributed by atoms with Crippen LogP contribution < -0.4 is 0 Å². The molecule has 0 aliphatic rings. The molecule has 0 radical (unpaired) electrons. The van der Waals surface area contributed by atoms with E-state index in [-0.39, 0.29) is 11.6 Å². The second kappa shape index (κ2) is 7.30. The van der Waals surface area contributed by atoms with Crippen molar-refractivity contribution in [3.8, 4) is 22.3 Å². The van der Waals surface area contributed by atoms with Crippen molar-refractivity contribution in [2.45, 2.75) is 9.79 Å². The van der Waals surface area contributed by atoms with Gasteiger partial charge in [0.2, 0.25) is 0 Å².